The van der Waals surface area contributed by atoms with Crippen molar-refractivity contribution in [2.24, 2.45) is 0 Å². The highest BCUT2D eigenvalue weighted by Gasteiger charge is 2.23. The lowest BCUT2D eigenvalue weighted by Crippen LogP contribution is -2.46. The summed E-state index contributed by atoms with van der Waals surface area (Å²) < 4.78 is 0. The molecule has 1 aliphatic heterocycles. The van der Waals surface area contributed by atoms with Gasteiger partial charge in [-0.1, -0.05) is 26.3 Å². The molecule has 2 rings (SSSR count). The van der Waals surface area contributed by atoms with Gasteiger partial charge in [-0.3, -0.25) is 4.90 Å². The average Bonchev–Trinajstić information content (AvgIpc) is 2.47. The fraction of sp³-hybridized carbons (Fsp3) is 0.625. The van der Waals surface area contributed by atoms with E-state index in [0.717, 1.165) is 25.2 Å². The zero-order valence-electron chi connectivity index (χ0n) is 12.5. The number of nitriles is 1. The van der Waals surface area contributed by atoms with Gasteiger partial charge in [-0.15, -0.1) is 0 Å². The highest BCUT2D eigenvalue weighted by Crippen LogP contribution is 2.20. The molecule has 4 nitrogen and oxygen atoms in total. The quantitative estimate of drug-likeness (QED) is 0.893. The molecule has 0 saturated carbocycles. The van der Waals surface area contributed by atoms with Gasteiger partial charge in [0.25, 0.3) is 0 Å². The number of likely N-dealkylation sites (tertiary alicyclic amines) is 1. The summed E-state index contributed by atoms with van der Waals surface area (Å²) in [6, 6.07) is 7.22. The molecule has 108 valence electrons. The first-order valence-electron chi connectivity index (χ1n) is 7.52. The molecule has 1 saturated heterocycles. The number of rotatable bonds is 5. The van der Waals surface area contributed by atoms with Crippen molar-refractivity contribution in [3.63, 3.8) is 0 Å². The third-order valence-electron chi connectivity index (χ3n) is 3.88. The lowest BCUT2D eigenvalue weighted by molar-refractivity contribution is 0.135. The molecule has 0 spiro atoms. The Morgan fingerprint density at radius 2 is 2.35 bits per heavy atom. The second kappa shape index (κ2) is 7.37. The maximum Gasteiger partial charge on any atom is 0.144 e. The predicted octanol–water partition coefficient (Wildman–Crippen LogP) is 2.31. The van der Waals surface area contributed by atoms with E-state index in [0.29, 0.717) is 17.8 Å². The van der Waals surface area contributed by atoms with E-state index in [2.05, 4.69) is 35.1 Å². The van der Waals surface area contributed by atoms with E-state index < -0.39 is 0 Å². The average molecular weight is 272 g/mol. The van der Waals surface area contributed by atoms with Crippen LogP contribution in [0, 0.1) is 11.3 Å². The maximum atomic E-state index is 9.15. The first-order chi connectivity index (χ1) is 9.70. The predicted molar refractivity (Wildman–Crippen MR) is 80.1 cm³/mol. The minimum absolute atomic E-state index is 0.520. The number of aromatic nitrogens is 1. The molecule has 0 amide bonds. The smallest absolute Gasteiger partial charge is 0.144 e. The van der Waals surface area contributed by atoms with Crippen LogP contribution in [0.4, 0.5) is 0 Å². The third kappa shape index (κ3) is 4.03. The van der Waals surface area contributed by atoms with Crippen molar-refractivity contribution in [3.8, 4) is 6.07 Å². The normalized spacial score (nSPS) is 20.0. The summed E-state index contributed by atoms with van der Waals surface area (Å²) in [6.45, 7) is 7.34. The van der Waals surface area contributed by atoms with Gasteiger partial charge < -0.3 is 5.32 Å². The second-order valence-corrected chi connectivity index (χ2v) is 5.81. The van der Waals surface area contributed by atoms with Crippen molar-refractivity contribution >= 4 is 0 Å². The van der Waals surface area contributed by atoms with Gasteiger partial charge in [0.15, 0.2) is 0 Å². The molecule has 1 atom stereocenters. The van der Waals surface area contributed by atoms with Gasteiger partial charge in [0.1, 0.15) is 11.8 Å². The van der Waals surface area contributed by atoms with Crippen molar-refractivity contribution in [3.05, 3.63) is 29.6 Å². The Bertz CT molecular complexity index is 464. The molecule has 0 radical (unpaired) electrons. The van der Waals surface area contributed by atoms with E-state index in [1.807, 2.05) is 12.1 Å². The Balaban J connectivity index is 2.03. The molecule has 2 heterocycles. The van der Waals surface area contributed by atoms with Crippen LogP contribution in [0.3, 0.4) is 0 Å². The molecule has 1 fully saturated rings. The molecular weight excluding hydrogens is 248 g/mol. The third-order valence-corrected chi connectivity index (χ3v) is 3.88. The standard InChI is InChI=1S/C16H24N4/c1-13(2)19-11-15-7-3-4-9-20(15)12-14-6-5-8-18-16(14)10-17/h5-6,8,13,15,19H,3-4,7,9,11-12H2,1-2H3. The van der Waals surface area contributed by atoms with Crippen LogP contribution >= 0.6 is 0 Å². The minimum Gasteiger partial charge on any atom is -0.313 e. The van der Waals surface area contributed by atoms with Crippen LogP contribution < -0.4 is 5.32 Å². The largest absolute Gasteiger partial charge is 0.313 e. The molecule has 1 aromatic heterocycles. The Hall–Kier alpha value is -1.44. The van der Waals surface area contributed by atoms with Crippen LogP contribution in [0.25, 0.3) is 0 Å². The number of hydrogen-bond acceptors (Lipinski definition) is 4. The molecule has 0 aromatic carbocycles. The maximum absolute atomic E-state index is 9.15. The summed E-state index contributed by atoms with van der Waals surface area (Å²) in [5, 5.41) is 12.7. The Morgan fingerprint density at radius 1 is 1.50 bits per heavy atom. The fourth-order valence-electron chi connectivity index (χ4n) is 2.76. The van der Waals surface area contributed by atoms with Crippen molar-refractivity contribution in [1.29, 1.82) is 5.26 Å². The van der Waals surface area contributed by atoms with Gasteiger partial charge in [-0.25, -0.2) is 4.98 Å². The van der Waals surface area contributed by atoms with Gasteiger partial charge in [0.05, 0.1) is 0 Å². The summed E-state index contributed by atoms with van der Waals surface area (Å²) in [5.74, 6) is 0. The number of pyridine rings is 1. The van der Waals surface area contributed by atoms with Crippen LogP contribution in [0.15, 0.2) is 18.3 Å². The van der Waals surface area contributed by atoms with E-state index in [1.54, 1.807) is 6.20 Å². The molecule has 1 aliphatic rings. The topological polar surface area (TPSA) is 52.0 Å². The van der Waals surface area contributed by atoms with Crippen LogP contribution in [-0.2, 0) is 6.54 Å². The van der Waals surface area contributed by atoms with Crippen molar-refractivity contribution in [1.82, 2.24) is 15.2 Å². The Kier molecular flexibility index (Phi) is 5.51. The highest BCUT2D eigenvalue weighted by atomic mass is 15.2. The fourth-order valence-corrected chi connectivity index (χ4v) is 2.76. The Morgan fingerprint density at radius 3 is 3.10 bits per heavy atom. The van der Waals surface area contributed by atoms with Gasteiger partial charge in [-0.05, 0) is 25.5 Å². The lowest BCUT2D eigenvalue weighted by atomic mass is 10.0. The van der Waals surface area contributed by atoms with E-state index in [1.165, 1.54) is 19.3 Å². The second-order valence-electron chi connectivity index (χ2n) is 5.81. The minimum atomic E-state index is 0.520. The van der Waals surface area contributed by atoms with Gasteiger partial charge in [0.2, 0.25) is 0 Å². The molecule has 1 aromatic rings. The first-order valence-corrected chi connectivity index (χ1v) is 7.52. The van der Waals surface area contributed by atoms with E-state index in [-0.39, 0.29) is 0 Å². The molecule has 4 heteroatoms. The molecule has 0 bridgehead atoms. The number of nitrogens with zero attached hydrogens (tertiary/aromatic N) is 3. The first kappa shape index (κ1) is 15.0. The van der Waals surface area contributed by atoms with Gasteiger partial charge in [0, 0.05) is 36.9 Å². The molecular formula is C16H24N4. The highest BCUT2D eigenvalue weighted by molar-refractivity contribution is 5.30. The monoisotopic (exact) mass is 272 g/mol. The van der Waals surface area contributed by atoms with Crippen LogP contribution in [0.5, 0.6) is 0 Å². The van der Waals surface area contributed by atoms with Crippen LogP contribution in [-0.4, -0.2) is 35.1 Å². The van der Waals surface area contributed by atoms with Crippen molar-refractivity contribution in [2.75, 3.05) is 13.1 Å². The van der Waals surface area contributed by atoms with E-state index >= 15 is 0 Å². The summed E-state index contributed by atoms with van der Waals surface area (Å²) in [6.07, 6.45) is 5.48. The lowest BCUT2D eigenvalue weighted by Gasteiger charge is -2.36. The van der Waals surface area contributed by atoms with Gasteiger partial charge in [-0.2, -0.15) is 5.26 Å². The Labute approximate surface area is 121 Å². The van der Waals surface area contributed by atoms with E-state index in [4.69, 9.17) is 5.26 Å². The van der Waals surface area contributed by atoms with Crippen molar-refractivity contribution in [2.45, 2.75) is 51.7 Å². The zero-order chi connectivity index (χ0) is 14.4. The summed E-state index contributed by atoms with van der Waals surface area (Å²) >= 11 is 0. The van der Waals surface area contributed by atoms with Crippen LogP contribution in [0.1, 0.15) is 44.4 Å². The molecule has 0 aliphatic carbocycles. The number of nitrogens with one attached hydrogen (secondary N) is 1. The molecule has 20 heavy (non-hydrogen) atoms. The number of hydrogen-bond donors (Lipinski definition) is 1. The number of piperidine rings is 1. The molecule has 1 N–H and O–H groups in total. The zero-order valence-corrected chi connectivity index (χ0v) is 12.5. The summed E-state index contributed by atoms with van der Waals surface area (Å²) in [4.78, 5) is 6.66. The SMILES string of the molecule is CC(C)NCC1CCCCN1Cc1cccnc1C#N. The summed E-state index contributed by atoms with van der Waals surface area (Å²) in [5.41, 5.74) is 1.61. The molecule has 1 unspecified atom stereocenters. The van der Waals surface area contributed by atoms with Crippen LogP contribution in [0.2, 0.25) is 0 Å². The van der Waals surface area contributed by atoms with E-state index in [9.17, 15) is 0 Å². The summed E-state index contributed by atoms with van der Waals surface area (Å²) in [7, 11) is 0. The van der Waals surface area contributed by atoms with Gasteiger partial charge >= 0.3 is 0 Å². The van der Waals surface area contributed by atoms with Crippen molar-refractivity contribution < 1.29 is 0 Å².